The summed E-state index contributed by atoms with van der Waals surface area (Å²) in [5.74, 6) is -0.158. The molecule has 0 atom stereocenters. The highest BCUT2D eigenvalue weighted by molar-refractivity contribution is 6.12. The predicted octanol–water partition coefficient (Wildman–Crippen LogP) is 3.21. The number of hydrogen-bond donors (Lipinski definition) is 0. The Kier molecular flexibility index (Phi) is 3.55. The Hall–Kier alpha value is -3.19. The van der Waals surface area contributed by atoms with Gasteiger partial charge in [0.1, 0.15) is 0 Å². The number of nitrogens with zero attached hydrogens (tertiary/aromatic N) is 2. The smallest absolute Gasteiger partial charge is 0.363 e. The molecule has 1 aliphatic heterocycles. The van der Waals surface area contributed by atoms with Crippen LogP contribution in [0, 0.1) is 18.3 Å². The zero-order chi connectivity index (χ0) is 15.5. The van der Waals surface area contributed by atoms with E-state index in [1.54, 1.807) is 30.3 Å². The summed E-state index contributed by atoms with van der Waals surface area (Å²) in [6.07, 6.45) is 1.65. The van der Waals surface area contributed by atoms with Crippen LogP contribution in [-0.2, 0) is 9.53 Å². The monoisotopic (exact) mass is 288 g/mol. The van der Waals surface area contributed by atoms with E-state index in [1.807, 2.05) is 31.2 Å². The lowest BCUT2D eigenvalue weighted by molar-refractivity contribution is -0.129. The summed E-state index contributed by atoms with van der Waals surface area (Å²) in [6, 6.07) is 16.6. The molecule has 0 aromatic heterocycles. The normalized spacial score (nSPS) is 15.4. The van der Waals surface area contributed by atoms with Gasteiger partial charge in [-0.3, -0.25) is 0 Å². The second kappa shape index (κ2) is 5.66. The molecule has 0 saturated carbocycles. The number of esters is 1. The minimum Gasteiger partial charge on any atom is -0.402 e. The maximum absolute atomic E-state index is 11.9. The van der Waals surface area contributed by atoms with E-state index >= 15 is 0 Å². The van der Waals surface area contributed by atoms with E-state index in [1.165, 1.54) is 0 Å². The topological polar surface area (TPSA) is 62.5 Å². The third-order valence-electron chi connectivity index (χ3n) is 3.23. The van der Waals surface area contributed by atoms with Crippen molar-refractivity contribution in [2.45, 2.75) is 6.92 Å². The van der Waals surface area contributed by atoms with Crippen molar-refractivity contribution in [1.29, 1.82) is 5.26 Å². The van der Waals surface area contributed by atoms with Crippen LogP contribution in [0.3, 0.4) is 0 Å². The number of cyclic esters (lactones) is 1. The quantitative estimate of drug-likeness (QED) is 0.629. The fourth-order valence-corrected chi connectivity index (χ4v) is 2.12. The summed E-state index contributed by atoms with van der Waals surface area (Å²) in [4.78, 5) is 16.2. The summed E-state index contributed by atoms with van der Waals surface area (Å²) in [5, 5.41) is 8.78. The average molecular weight is 288 g/mol. The Morgan fingerprint density at radius 2 is 1.95 bits per heavy atom. The minimum absolute atomic E-state index is 0.251. The van der Waals surface area contributed by atoms with Crippen LogP contribution in [0.15, 0.2) is 59.2 Å². The van der Waals surface area contributed by atoms with Crippen LogP contribution in [0.5, 0.6) is 0 Å². The van der Waals surface area contributed by atoms with Crippen molar-refractivity contribution in [2.24, 2.45) is 4.99 Å². The predicted molar refractivity (Wildman–Crippen MR) is 82.9 cm³/mol. The van der Waals surface area contributed by atoms with Gasteiger partial charge in [0.15, 0.2) is 5.70 Å². The maximum atomic E-state index is 11.9. The number of aliphatic imine (C=N–C) groups is 1. The Labute approximate surface area is 128 Å². The summed E-state index contributed by atoms with van der Waals surface area (Å²) < 4.78 is 5.22. The first kappa shape index (κ1) is 13.8. The lowest BCUT2D eigenvalue weighted by Crippen LogP contribution is -2.05. The van der Waals surface area contributed by atoms with Gasteiger partial charge in [-0.25, -0.2) is 9.79 Å². The fourth-order valence-electron chi connectivity index (χ4n) is 2.12. The number of aryl methyl sites for hydroxylation is 1. The van der Waals surface area contributed by atoms with Crippen molar-refractivity contribution in [1.82, 2.24) is 0 Å². The highest BCUT2D eigenvalue weighted by Crippen LogP contribution is 2.19. The summed E-state index contributed by atoms with van der Waals surface area (Å²) in [6.45, 7) is 1.97. The zero-order valence-corrected chi connectivity index (χ0v) is 11.9. The van der Waals surface area contributed by atoms with Crippen LogP contribution in [0.25, 0.3) is 6.08 Å². The molecule has 0 fully saturated rings. The molecular formula is C18H12N2O2. The van der Waals surface area contributed by atoms with Crippen LogP contribution in [-0.4, -0.2) is 11.9 Å². The molecule has 0 radical (unpaired) electrons. The second-order valence-electron chi connectivity index (χ2n) is 4.94. The first-order chi connectivity index (χ1) is 10.7. The summed E-state index contributed by atoms with van der Waals surface area (Å²) in [7, 11) is 0. The molecule has 0 N–H and O–H groups in total. The Morgan fingerprint density at radius 1 is 1.18 bits per heavy atom. The zero-order valence-electron chi connectivity index (χ0n) is 11.9. The summed E-state index contributed by atoms with van der Waals surface area (Å²) >= 11 is 0. The van der Waals surface area contributed by atoms with Gasteiger partial charge in [0, 0.05) is 5.56 Å². The van der Waals surface area contributed by atoms with E-state index < -0.39 is 5.97 Å². The molecule has 2 aromatic rings. The Bertz CT molecular complexity index is 840. The number of carbonyl (C=O) groups excluding carboxylic acids is 1. The molecule has 106 valence electrons. The van der Waals surface area contributed by atoms with Crippen molar-refractivity contribution in [3.8, 4) is 6.07 Å². The standard InChI is InChI=1S/C18H12N2O2/c1-12-3-2-4-15(9-12)17-20-16(18(21)22-17)10-13-5-7-14(11-19)8-6-13/h2-10H,1H3/b16-10-. The summed E-state index contributed by atoms with van der Waals surface area (Å²) in [5.41, 5.74) is 3.46. The molecule has 0 unspecified atom stereocenters. The van der Waals surface area contributed by atoms with Crippen molar-refractivity contribution in [3.05, 3.63) is 76.5 Å². The SMILES string of the molecule is Cc1cccc(C2=N/C(=C\c3ccc(C#N)cc3)C(=O)O2)c1. The number of carbonyl (C=O) groups is 1. The first-order valence-corrected chi connectivity index (χ1v) is 6.75. The van der Waals surface area contributed by atoms with Crippen molar-refractivity contribution >= 4 is 17.9 Å². The molecule has 2 aromatic carbocycles. The van der Waals surface area contributed by atoms with E-state index in [-0.39, 0.29) is 5.70 Å². The molecule has 3 rings (SSSR count). The highest BCUT2D eigenvalue weighted by atomic mass is 16.6. The molecule has 0 aliphatic carbocycles. The van der Waals surface area contributed by atoms with Crippen LogP contribution < -0.4 is 0 Å². The van der Waals surface area contributed by atoms with Gasteiger partial charge in [0.2, 0.25) is 5.90 Å². The lowest BCUT2D eigenvalue weighted by atomic mass is 10.1. The van der Waals surface area contributed by atoms with E-state index in [0.717, 1.165) is 16.7 Å². The molecule has 0 bridgehead atoms. The van der Waals surface area contributed by atoms with Gasteiger partial charge >= 0.3 is 5.97 Å². The first-order valence-electron chi connectivity index (χ1n) is 6.75. The van der Waals surface area contributed by atoms with Gasteiger partial charge in [-0.05, 0) is 42.8 Å². The number of rotatable bonds is 2. The molecule has 1 heterocycles. The van der Waals surface area contributed by atoms with Crippen molar-refractivity contribution < 1.29 is 9.53 Å². The Morgan fingerprint density at radius 3 is 2.64 bits per heavy atom. The number of ether oxygens (including phenoxy) is 1. The number of hydrogen-bond acceptors (Lipinski definition) is 4. The number of benzene rings is 2. The van der Waals surface area contributed by atoms with Crippen molar-refractivity contribution in [3.63, 3.8) is 0 Å². The van der Waals surface area contributed by atoms with Crippen LogP contribution in [0.2, 0.25) is 0 Å². The Balaban J connectivity index is 1.92. The highest BCUT2D eigenvalue weighted by Gasteiger charge is 2.24. The molecule has 1 aliphatic rings. The van der Waals surface area contributed by atoms with E-state index in [2.05, 4.69) is 11.1 Å². The largest absolute Gasteiger partial charge is 0.402 e. The molecule has 0 amide bonds. The number of nitriles is 1. The van der Waals surface area contributed by atoms with E-state index in [4.69, 9.17) is 10.00 Å². The molecule has 22 heavy (non-hydrogen) atoms. The van der Waals surface area contributed by atoms with Gasteiger partial charge in [-0.15, -0.1) is 0 Å². The maximum Gasteiger partial charge on any atom is 0.363 e. The average Bonchev–Trinajstić information content (AvgIpc) is 2.89. The molecule has 0 saturated heterocycles. The third-order valence-corrected chi connectivity index (χ3v) is 3.23. The van der Waals surface area contributed by atoms with Gasteiger partial charge in [0.05, 0.1) is 11.6 Å². The minimum atomic E-state index is -0.471. The van der Waals surface area contributed by atoms with E-state index in [9.17, 15) is 4.79 Å². The fraction of sp³-hybridized carbons (Fsp3) is 0.0556. The van der Waals surface area contributed by atoms with Gasteiger partial charge in [-0.1, -0.05) is 29.8 Å². The van der Waals surface area contributed by atoms with Crippen LogP contribution >= 0.6 is 0 Å². The van der Waals surface area contributed by atoms with Gasteiger partial charge in [-0.2, -0.15) is 5.26 Å². The van der Waals surface area contributed by atoms with Crippen LogP contribution in [0.4, 0.5) is 0 Å². The molecular weight excluding hydrogens is 276 g/mol. The van der Waals surface area contributed by atoms with Gasteiger partial charge < -0.3 is 4.74 Å². The second-order valence-corrected chi connectivity index (χ2v) is 4.94. The third kappa shape index (κ3) is 2.79. The molecule has 0 spiro atoms. The van der Waals surface area contributed by atoms with E-state index in [0.29, 0.717) is 11.5 Å². The lowest BCUT2D eigenvalue weighted by Gasteiger charge is -1.99. The molecule has 4 heteroatoms. The van der Waals surface area contributed by atoms with Crippen molar-refractivity contribution in [2.75, 3.05) is 0 Å². The molecule has 4 nitrogen and oxygen atoms in total. The van der Waals surface area contributed by atoms with Crippen LogP contribution in [0.1, 0.15) is 22.3 Å². The van der Waals surface area contributed by atoms with Gasteiger partial charge in [0.25, 0.3) is 0 Å².